The van der Waals surface area contributed by atoms with E-state index in [-0.39, 0.29) is 0 Å². The summed E-state index contributed by atoms with van der Waals surface area (Å²) in [6.07, 6.45) is 0. The van der Waals surface area contributed by atoms with E-state index >= 15 is 0 Å². The van der Waals surface area contributed by atoms with Crippen LogP contribution in [0.4, 0.5) is 0 Å². The fourth-order valence-electron chi connectivity index (χ4n) is 6.10. The molecule has 0 fully saturated rings. The van der Waals surface area contributed by atoms with Crippen LogP contribution in [0, 0.1) is 20.8 Å². The van der Waals surface area contributed by atoms with E-state index in [4.69, 9.17) is 17.0 Å². The first-order valence-electron chi connectivity index (χ1n) is 16.3. The standard InChI is InChI=1S/C22H17.C20H21.C2H6Si.2ClH.Zr/c1-16-12-20-14-19(17-8-4-2-5-9-17)15-22(21(20)13-16)18-10-6-3-7-11-18;1-13(2)17-11-16-6-5-7-19(20(16)12-17)18-9-14(3)8-15(4)10-18;1-3-2;;;/h2-15H,1H3;5-13H,1-4H3;1-2H3;2*1H;/q2*-1;;;;+4/p-2. The average Bonchev–Trinajstić information content (AvgIpc) is 3.69. The third-order valence-corrected chi connectivity index (χ3v) is 8.13. The van der Waals surface area contributed by atoms with Crippen molar-refractivity contribution in [1.82, 2.24) is 0 Å². The van der Waals surface area contributed by atoms with Gasteiger partial charge in [-0.1, -0.05) is 153 Å². The SMILES string of the molecule is C[Si]C.Cc1cc(C)cc(-c2cccc3[cH-]c(C(C)C)cc23)c1.Cc1cc2c(-c3ccccc3)cc(-c3ccccc3)cc2[cH-]1.[Cl][Zr+2][Cl]. The summed E-state index contributed by atoms with van der Waals surface area (Å²) in [5.74, 6) is 0.578. The van der Waals surface area contributed by atoms with Crippen LogP contribution in [-0.4, -0.2) is 9.52 Å². The van der Waals surface area contributed by atoms with E-state index in [0.717, 1.165) is 9.52 Å². The van der Waals surface area contributed by atoms with E-state index in [1.165, 1.54) is 77.2 Å². The summed E-state index contributed by atoms with van der Waals surface area (Å²) in [6, 6.07) is 48.5. The first-order valence-corrected chi connectivity index (χ1v) is 24.7. The Hall–Kier alpha value is -3.00. The molecule has 7 rings (SSSR count). The molecule has 7 aromatic carbocycles. The van der Waals surface area contributed by atoms with E-state index in [1.54, 1.807) is 0 Å². The van der Waals surface area contributed by atoms with Crippen molar-refractivity contribution in [3.8, 4) is 33.4 Å². The molecule has 0 amide bonds. The van der Waals surface area contributed by atoms with Gasteiger partial charge in [0, 0.05) is 9.52 Å². The molecule has 0 saturated heterocycles. The second-order valence-electron chi connectivity index (χ2n) is 12.5. The first-order chi connectivity index (χ1) is 23.2. The molecule has 0 atom stereocenters. The number of rotatable bonds is 4. The Bertz CT molecular complexity index is 2000. The molecule has 2 radical (unpaired) electrons. The van der Waals surface area contributed by atoms with Crippen molar-refractivity contribution in [2.24, 2.45) is 0 Å². The Morgan fingerprint density at radius 1 is 0.542 bits per heavy atom. The maximum atomic E-state index is 4.93. The van der Waals surface area contributed by atoms with Crippen LogP contribution in [0.2, 0.25) is 13.1 Å². The third kappa shape index (κ3) is 10.0. The van der Waals surface area contributed by atoms with Gasteiger partial charge in [-0.15, -0.1) is 63.0 Å². The van der Waals surface area contributed by atoms with E-state index in [9.17, 15) is 0 Å². The Labute approximate surface area is 309 Å². The third-order valence-electron chi connectivity index (χ3n) is 8.13. The zero-order valence-corrected chi connectivity index (χ0v) is 34.0. The molecule has 0 nitrogen and oxygen atoms in total. The van der Waals surface area contributed by atoms with Crippen molar-refractivity contribution in [3.05, 3.63) is 156 Å². The van der Waals surface area contributed by atoms with Gasteiger partial charge in [0.05, 0.1) is 0 Å². The molecule has 0 bridgehead atoms. The van der Waals surface area contributed by atoms with Gasteiger partial charge in [-0.2, -0.15) is 12.1 Å². The van der Waals surface area contributed by atoms with Crippen LogP contribution in [0.3, 0.4) is 0 Å². The number of hydrogen-bond acceptors (Lipinski definition) is 0. The number of aryl methyl sites for hydroxylation is 3. The molecule has 4 heteroatoms. The molecule has 242 valence electrons. The van der Waals surface area contributed by atoms with Crippen LogP contribution in [0.5, 0.6) is 0 Å². The molecule has 48 heavy (non-hydrogen) atoms. The van der Waals surface area contributed by atoms with Crippen molar-refractivity contribution < 1.29 is 20.8 Å². The quantitative estimate of drug-likeness (QED) is 0.124. The zero-order chi connectivity index (χ0) is 34.6. The van der Waals surface area contributed by atoms with Crippen LogP contribution in [0.15, 0.2) is 133 Å². The number of benzene rings is 5. The molecular formula is C44H44Cl2SiZr. The summed E-state index contributed by atoms with van der Waals surface area (Å²) in [7, 11) is 11.0. The van der Waals surface area contributed by atoms with Gasteiger partial charge in [-0.05, 0) is 36.5 Å². The van der Waals surface area contributed by atoms with Gasteiger partial charge in [0.25, 0.3) is 0 Å². The van der Waals surface area contributed by atoms with Gasteiger partial charge >= 0.3 is 37.9 Å². The average molecular weight is 763 g/mol. The number of fused-ring (bicyclic) bond motifs is 2. The zero-order valence-electron chi connectivity index (χ0n) is 29.0. The predicted molar refractivity (Wildman–Crippen MR) is 213 cm³/mol. The molecule has 0 heterocycles. The van der Waals surface area contributed by atoms with Crippen molar-refractivity contribution in [3.63, 3.8) is 0 Å². The normalized spacial score (nSPS) is 10.4. The second-order valence-corrected chi connectivity index (χ2v) is 17.2. The summed E-state index contributed by atoms with van der Waals surface area (Å²) in [6.45, 7) is 15.3. The Balaban J connectivity index is 0.000000187. The van der Waals surface area contributed by atoms with Crippen LogP contribution >= 0.6 is 17.0 Å². The van der Waals surface area contributed by atoms with E-state index < -0.39 is 20.8 Å². The topological polar surface area (TPSA) is 0 Å². The molecule has 0 aromatic heterocycles. The number of hydrogen-bond donors (Lipinski definition) is 0. The van der Waals surface area contributed by atoms with Gasteiger partial charge in [0.15, 0.2) is 0 Å². The molecule has 0 aliphatic rings. The summed E-state index contributed by atoms with van der Waals surface area (Å²) >= 11 is -0.826. The summed E-state index contributed by atoms with van der Waals surface area (Å²) in [4.78, 5) is 0. The molecule has 7 aromatic rings. The van der Waals surface area contributed by atoms with Crippen LogP contribution in [-0.2, 0) is 20.8 Å². The molecule has 0 unspecified atom stereocenters. The van der Waals surface area contributed by atoms with Gasteiger partial charge in [0.2, 0.25) is 0 Å². The fraction of sp³-hybridized carbons (Fsp3) is 0.182. The van der Waals surface area contributed by atoms with Crippen LogP contribution in [0.25, 0.3) is 54.9 Å². The van der Waals surface area contributed by atoms with Crippen molar-refractivity contribution >= 4 is 48.1 Å². The van der Waals surface area contributed by atoms with E-state index in [0.29, 0.717) is 5.92 Å². The molecule has 0 spiro atoms. The van der Waals surface area contributed by atoms with Crippen molar-refractivity contribution in [2.75, 3.05) is 0 Å². The molecule has 0 saturated carbocycles. The summed E-state index contributed by atoms with van der Waals surface area (Å²) < 4.78 is 0. The predicted octanol–water partition coefficient (Wildman–Crippen LogP) is 14.3. The van der Waals surface area contributed by atoms with Crippen molar-refractivity contribution in [1.29, 1.82) is 0 Å². The van der Waals surface area contributed by atoms with Gasteiger partial charge < -0.3 is 0 Å². The monoisotopic (exact) mass is 760 g/mol. The first kappa shape index (κ1) is 37.8. The van der Waals surface area contributed by atoms with E-state index in [2.05, 4.69) is 181 Å². The number of halogens is 2. The molecule has 0 aliphatic heterocycles. The van der Waals surface area contributed by atoms with E-state index in [1.807, 2.05) is 0 Å². The fourth-order valence-corrected chi connectivity index (χ4v) is 6.10. The van der Waals surface area contributed by atoms with Crippen LogP contribution in [0.1, 0.15) is 42.0 Å². The molecule has 0 N–H and O–H groups in total. The Morgan fingerprint density at radius 3 is 1.69 bits per heavy atom. The minimum absolute atomic E-state index is 0.578. The van der Waals surface area contributed by atoms with Gasteiger partial charge in [0.1, 0.15) is 0 Å². The molecular weight excluding hydrogens is 719 g/mol. The van der Waals surface area contributed by atoms with Gasteiger partial charge in [-0.3, -0.25) is 0 Å². The summed E-state index contributed by atoms with van der Waals surface area (Å²) in [5.41, 5.74) is 13.2. The maximum absolute atomic E-state index is 4.93. The van der Waals surface area contributed by atoms with Crippen molar-refractivity contribution in [2.45, 2.75) is 53.6 Å². The van der Waals surface area contributed by atoms with Crippen LogP contribution < -0.4 is 0 Å². The second kappa shape index (κ2) is 18.7. The summed E-state index contributed by atoms with van der Waals surface area (Å²) in [5, 5.41) is 5.38. The van der Waals surface area contributed by atoms with Gasteiger partial charge in [-0.25, -0.2) is 0 Å². The minimum atomic E-state index is -0.826. The Morgan fingerprint density at radius 2 is 1.10 bits per heavy atom. The Kier molecular flexibility index (Phi) is 14.7. The molecule has 0 aliphatic carbocycles.